The first kappa shape index (κ1) is 11.7. The van der Waals surface area contributed by atoms with E-state index in [2.05, 4.69) is 21.0 Å². The van der Waals surface area contributed by atoms with Crippen molar-refractivity contribution in [2.45, 2.75) is 20.3 Å². The van der Waals surface area contributed by atoms with Crippen molar-refractivity contribution >= 4 is 17.6 Å². The van der Waals surface area contributed by atoms with Crippen LogP contribution in [0.2, 0.25) is 0 Å². The predicted octanol–water partition coefficient (Wildman–Crippen LogP) is 0.727. The summed E-state index contributed by atoms with van der Waals surface area (Å²) in [5, 5.41) is 4.33. The van der Waals surface area contributed by atoms with Crippen molar-refractivity contribution in [1.29, 1.82) is 0 Å². The number of terminal acetylenes is 1. The lowest BCUT2D eigenvalue weighted by Crippen LogP contribution is -2.25. The molecule has 0 radical (unpaired) electrons. The van der Waals surface area contributed by atoms with E-state index in [4.69, 9.17) is 6.42 Å². The molecule has 6 nitrogen and oxygen atoms in total. The van der Waals surface area contributed by atoms with Crippen LogP contribution in [0.1, 0.15) is 17.8 Å². The highest BCUT2D eigenvalue weighted by Crippen LogP contribution is 2.22. The molecule has 1 aliphatic rings. The van der Waals surface area contributed by atoms with Crippen LogP contribution < -0.4 is 4.90 Å². The summed E-state index contributed by atoms with van der Waals surface area (Å²) in [4.78, 5) is 22.0. The van der Waals surface area contributed by atoms with Gasteiger partial charge in [0.25, 0.3) is 11.7 Å². The number of rotatable bonds is 1. The summed E-state index contributed by atoms with van der Waals surface area (Å²) in [6, 6.07) is 1.92. The number of carbonyl (C=O) groups is 1. The maximum absolute atomic E-state index is 11.9. The van der Waals surface area contributed by atoms with Crippen LogP contribution in [0.25, 0.3) is 5.78 Å². The first-order valence-electron chi connectivity index (χ1n) is 6.06. The summed E-state index contributed by atoms with van der Waals surface area (Å²) in [6.45, 7) is 4.30. The zero-order chi connectivity index (χ0) is 13.6. The van der Waals surface area contributed by atoms with E-state index < -0.39 is 0 Å². The van der Waals surface area contributed by atoms with Crippen LogP contribution in [-0.4, -0.2) is 32.0 Å². The van der Waals surface area contributed by atoms with Crippen molar-refractivity contribution in [2.75, 3.05) is 11.4 Å². The lowest BCUT2D eigenvalue weighted by atomic mass is 10.1. The molecule has 3 heterocycles. The number of hydrogen-bond donors (Lipinski definition) is 0. The largest absolute Gasteiger partial charge is 0.278 e. The Bertz CT molecular complexity index is 712. The van der Waals surface area contributed by atoms with E-state index >= 15 is 0 Å². The van der Waals surface area contributed by atoms with Gasteiger partial charge in [-0.25, -0.2) is 4.98 Å². The van der Waals surface area contributed by atoms with Crippen LogP contribution in [0.15, 0.2) is 6.07 Å². The Morgan fingerprint density at radius 1 is 1.42 bits per heavy atom. The van der Waals surface area contributed by atoms with Gasteiger partial charge >= 0.3 is 0 Å². The van der Waals surface area contributed by atoms with Crippen molar-refractivity contribution in [1.82, 2.24) is 19.6 Å². The number of aryl methyl sites for hydroxylation is 2. The predicted molar refractivity (Wildman–Crippen MR) is 69.5 cm³/mol. The zero-order valence-corrected chi connectivity index (χ0v) is 10.8. The van der Waals surface area contributed by atoms with Crippen LogP contribution in [-0.2, 0) is 4.79 Å². The van der Waals surface area contributed by atoms with Crippen molar-refractivity contribution in [3.05, 3.63) is 17.5 Å². The molecule has 1 saturated heterocycles. The van der Waals surface area contributed by atoms with Crippen LogP contribution >= 0.6 is 0 Å². The van der Waals surface area contributed by atoms with E-state index in [-0.39, 0.29) is 11.8 Å². The first-order valence-corrected chi connectivity index (χ1v) is 6.06. The Morgan fingerprint density at radius 3 is 2.89 bits per heavy atom. The molecule has 1 fully saturated rings. The fourth-order valence-electron chi connectivity index (χ4n) is 2.28. The second-order valence-corrected chi connectivity index (χ2v) is 4.73. The van der Waals surface area contributed by atoms with Gasteiger partial charge in [-0.2, -0.15) is 9.50 Å². The average molecular weight is 255 g/mol. The number of anilines is 1. The number of amides is 1. The summed E-state index contributed by atoms with van der Waals surface area (Å²) < 4.78 is 1.64. The third-order valence-electron chi connectivity index (χ3n) is 3.21. The smallest absolute Gasteiger partial charge is 0.254 e. The molecule has 0 spiro atoms. The van der Waals surface area contributed by atoms with Gasteiger partial charge in [-0.15, -0.1) is 17.4 Å². The quantitative estimate of drug-likeness (QED) is 0.705. The van der Waals surface area contributed by atoms with Crippen molar-refractivity contribution in [3.63, 3.8) is 0 Å². The van der Waals surface area contributed by atoms with Crippen LogP contribution in [0.5, 0.6) is 0 Å². The average Bonchev–Trinajstić information content (AvgIpc) is 2.92. The number of carbonyl (C=O) groups excluding carboxylic acids is 1. The molecule has 0 aromatic carbocycles. The molecule has 0 bridgehead atoms. The molecule has 1 amide bonds. The van der Waals surface area contributed by atoms with E-state index in [0.29, 0.717) is 24.7 Å². The first-order chi connectivity index (χ1) is 9.08. The normalized spacial score (nSPS) is 19.1. The third-order valence-corrected chi connectivity index (χ3v) is 3.21. The minimum absolute atomic E-state index is 0.0340. The molecule has 0 saturated carbocycles. The highest BCUT2D eigenvalue weighted by Gasteiger charge is 2.32. The summed E-state index contributed by atoms with van der Waals surface area (Å²) in [7, 11) is 0. The topological polar surface area (TPSA) is 63.4 Å². The Balaban J connectivity index is 2.05. The van der Waals surface area contributed by atoms with E-state index in [1.165, 1.54) is 4.90 Å². The van der Waals surface area contributed by atoms with E-state index in [1.807, 2.05) is 19.9 Å². The van der Waals surface area contributed by atoms with Crippen LogP contribution in [0.4, 0.5) is 5.95 Å². The summed E-state index contributed by atoms with van der Waals surface area (Å²) in [5.74, 6) is 3.40. The number of fused-ring (bicyclic) bond motifs is 1. The standard InChI is InChI=1S/C13H13N5O/c1-4-10-6-11(19)17(7-10)13-15-12-14-8(2)5-9(3)18(12)16-13/h1,5,10H,6-7H2,2-3H3. The van der Waals surface area contributed by atoms with E-state index in [9.17, 15) is 4.79 Å². The van der Waals surface area contributed by atoms with E-state index in [1.54, 1.807) is 4.52 Å². The Kier molecular flexibility index (Phi) is 2.49. The molecule has 96 valence electrons. The van der Waals surface area contributed by atoms with Crippen molar-refractivity contribution < 1.29 is 4.79 Å². The van der Waals surface area contributed by atoms with Gasteiger partial charge < -0.3 is 0 Å². The van der Waals surface area contributed by atoms with Gasteiger partial charge in [0, 0.05) is 30.3 Å². The fraction of sp³-hybridized carbons (Fsp3) is 0.385. The lowest BCUT2D eigenvalue weighted by Gasteiger charge is -2.09. The SMILES string of the molecule is C#CC1CC(=O)N(c2nc3nc(C)cc(C)n3n2)C1. The van der Waals surface area contributed by atoms with Gasteiger partial charge in [-0.1, -0.05) is 0 Å². The third kappa shape index (κ3) is 1.83. The highest BCUT2D eigenvalue weighted by atomic mass is 16.2. The molecule has 6 heteroatoms. The van der Waals surface area contributed by atoms with Gasteiger partial charge in [0.05, 0.1) is 0 Å². The molecule has 0 N–H and O–H groups in total. The molecule has 1 atom stereocenters. The summed E-state index contributed by atoms with van der Waals surface area (Å²) in [6.07, 6.45) is 5.73. The molecular formula is C13H13N5O. The second kappa shape index (κ2) is 4.05. The Morgan fingerprint density at radius 2 is 2.21 bits per heavy atom. The molecular weight excluding hydrogens is 242 g/mol. The molecule has 0 aliphatic carbocycles. The van der Waals surface area contributed by atoms with Crippen molar-refractivity contribution in [2.24, 2.45) is 5.92 Å². The monoisotopic (exact) mass is 255 g/mol. The molecule has 2 aromatic rings. The Labute approximate surface area is 110 Å². The van der Waals surface area contributed by atoms with Crippen LogP contribution in [0.3, 0.4) is 0 Å². The fourth-order valence-corrected chi connectivity index (χ4v) is 2.28. The molecule has 2 aromatic heterocycles. The highest BCUT2D eigenvalue weighted by molar-refractivity contribution is 5.94. The van der Waals surface area contributed by atoms with Gasteiger partial charge in [0.2, 0.25) is 5.91 Å². The van der Waals surface area contributed by atoms with E-state index in [0.717, 1.165) is 11.4 Å². The van der Waals surface area contributed by atoms with Gasteiger partial charge in [0.15, 0.2) is 0 Å². The number of aromatic nitrogens is 4. The number of nitrogens with zero attached hydrogens (tertiary/aromatic N) is 5. The second-order valence-electron chi connectivity index (χ2n) is 4.73. The zero-order valence-electron chi connectivity index (χ0n) is 10.8. The molecule has 3 rings (SSSR count). The Hall–Kier alpha value is -2.42. The van der Waals surface area contributed by atoms with Crippen LogP contribution in [0, 0.1) is 32.1 Å². The minimum atomic E-state index is -0.0603. The summed E-state index contributed by atoms with van der Waals surface area (Å²) in [5.41, 5.74) is 1.81. The molecule has 1 unspecified atom stereocenters. The minimum Gasteiger partial charge on any atom is -0.278 e. The number of hydrogen-bond acceptors (Lipinski definition) is 4. The summed E-state index contributed by atoms with van der Waals surface area (Å²) >= 11 is 0. The van der Waals surface area contributed by atoms with Gasteiger partial charge in [0.1, 0.15) is 0 Å². The molecule has 1 aliphatic heterocycles. The maximum Gasteiger partial charge on any atom is 0.254 e. The van der Waals surface area contributed by atoms with Crippen molar-refractivity contribution in [3.8, 4) is 12.3 Å². The lowest BCUT2D eigenvalue weighted by molar-refractivity contribution is -0.117. The maximum atomic E-state index is 11.9. The molecule has 19 heavy (non-hydrogen) atoms. The van der Waals surface area contributed by atoms with Gasteiger partial charge in [-0.3, -0.25) is 9.69 Å². The van der Waals surface area contributed by atoms with Gasteiger partial charge in [-0.05, 0) is 19.9 Å².